The molecule has 7 nitrogen and oxygen atoms in total. The summed E-state index contributed by atoms with van der Waals surface area (Å²) in [5.41, 5.74) is 1.90. The van der Waals surface area contributed by atoms with Crippen LogP contribution in [-0.2, 0) is 16.6 Å². The van der Waals surface area contributed by atoms with Gasteiger partial charge < -0.3 is 4.90 Å². The van der Waals surface area contributed by atoms with E-state index in [4.69, 9.17) is 0 Å². The van der Waals surface area contributed by atoms with E-state index in [-0.39, 0.29) is 18.0 Å². The van der Waals surface area contributed by atoms with Crippen molar-refractivity contribution in [3.05, 3.63) is 40.7 Å². The van der Waals surface area contributed by atoms with Crippen molar-refractivity contribution >= 4 is 22.8 Å². The van der Waals surface area contributed by atoms with Crippen LogP contribution in [0, 0.1) is 18.3 Å². The summed E-state index contributed by atoms with van der Waals surface area (Å²) in [5, 5.41) is 2.33. The number of likely N-dealkylation sites (tertiary alicyclic amines) is 1. The molecule has 2 fully saturated rings. The van der Waals surface area contributed by atoms with Crippen LogP contribution in [0.25, 0.3) is 11.0 Å². The Kier molecular flexibility index (Phi) is 5.54. The van der Waals surface area contributed by atoms with Gasteiger partial charge in [-0.2, -0.15) is 0 Å². The fourth-order valence-corrected chi connectivity index (χ4v) is 4.17. The van der Waals surface area contributed by atoms with Crippen LogP contribution in [0.15, 0.2) is 23.0 Å². The van der Waals surface area contributed by atoms with Crippen LogP contribution in [0.2, 0.25) is 0 Å². The van der Waals surface area contributed by atoms with Gasteiger partial charge >= 0.3 is 5.69 Å². The maximum Gasteiger partial charge on any atom is 0.329 e. The molecule has 2 aliphatic rings. The zero-order valence-corrected chi connectivity index (χ0v) is 16.6. The molecule has 151 valence electrons. The molecule has 2 saturated heterocycles. The van der Waals surface area contributed by atoms with E-state index in [2.05, 4.69) is 28.5 Å². The Morgan fingerprint density at radius 2 is 1.97 bits per heavy atom. The summed E-state index contributed by atoms with van der Waals surface area (Å²) in [4.78, 5) is 39.1. The number of hydrogen-bond acceptors (Lipinski definition) is 4. The van der Waals surface area contributed by atoms with Gasteiger partial charge in [0.2, 0.25) is 11.8 Å². The maximum atomic E-state index is 12.9. The Labute approximate surface area is 169 Å². The predicted octanol–water partition coefficient (Wildman–Crippen LogP) is 1.36. The Bertz CT molecular complexity index is 1060. The number of benzene rings is 1. The summed E-state index contributed by atoms with van der Waals surface area (Å²) < 4.78 is 3.04. The van der Waals surface area contributed by atoms with Crippen LogP contribution in [0.3, 0.4) is 0 Å². The largest absolute Gasteiger partial charge is 0.329 e. The molecular weight excluding hydrogens is 368 g/mol. The molecule has 1 unspecified atom stereocenters. The fourth-order valence-electron chi connectivity index (χ4n) is 4.17. The number of carbonyl (C=O) groups is 2. The second-order valence-electron chi connectivity index (χ2n) is 7.61. The first kappa shape index (κ1) is 19.5. The molecule has 0 bridgehead atoms. The number of para-hydroxylation sites is 1. The molecule has 0 spiro atoms. The van der Waals surface area contributed by atoms with E-state index >= 15 is 0 Å². The number of hydrogen-bond donors (Lipinski definition) is 1. The predicted molar refractivity (Wildman–Crippen MR) is 110 cm³/mol. The topological polar surface area (TPSA) is 76.3 Å². The Hall–Kier alpha value is -2.85. The average Bonchev–Trinajstić information content (AvgIpc) is 2.98. The minimum absolute atomic E-state index is 0.229. The number of rotatable bonds is 3. The maximum absolute atomic E-state index is 12.9. The van der Waals surface area contributed by atoms with E-state index in [9.17, 15) is 14.4 Å². The smallest absolute Gasteiger partial charge is 0.302 e. The molecule has 2 aromatic rings. The van der Waals surface area contributed by atoms with E-state index in [0.717, 1.165) is 50.0 Å². The van der Waals surface area contributed by atoms with Crippen molar-refractivity contribution in [2.24, 2.45) is 7.05 Å². The molecular formula is C22H25N4O3. The van der Waals surface area contributed by atoms with Crippen LogP contribution in [0.4, 0.5) is 0 Å². The van der Waals surface area contributed by atoms with Crippen LogP contribution >= 0.6 is 0 Å². The van der Waals surface area contributed by atoms with Gasteiger partial charge in [-0.25, -0.2) is 4.79 Å². The lowest BCUT2D eigenvalue weighted by atomic mass is 10.1. The van der Waals surface area contributed by atoms with Gasteiger partial charge in [0.25, 0.3) is 0 Å². The highest BCUT2D eigenvalue weighted by molar-refractivity contribution is 6.00. The molecule has 1 aromatic carbocycles. The van der Waals surface area contributed by atoms with Gasteiger partial charge in [0.05, 0.1) is 16.6 Å². The SMILES string of the molecule is Cn1c(=O)n(C2CCC(=O)NC2=O)c2cccc(C#CCCN3CC[CH]CC3)c21. The van der Waals surface area contributed by atoms with Crippen molar-refractivity contribution in [2.45, 2.75) is 38.1 Å². The van der Waals surface area contributed by atoms with E-state index in [0.29, 0.717) is 11.9 Å². The standard InChI is InChI=1S/C22H25N4O3/c1-24-20-16(8-3-6-15-25-13-4-2-5-14-25)9-7-10-17(20)26(22(24)29)18-11-12-19(27)23-21(18)28/h2,7,9-10,18H,4-6,11-15H2,1H3,(H,23,27,28). The minimum atomic E-state index is -0.678. The number of fused-ring (bicyclic) bond motifs is 1. The normalized spacial score (nSPS) is 20.4. The van der Waals surface area contributed by atoms with Crippen molar-refractivity contribution in [3.63, 3.8) is 0 Å². The Morgan fingerprint density at radius 3 is 2.72 bits per heavy atom. The number of nitrogens with one attached hydrogen (secondary N) is 1. The number of nitrogens with zero attached hydrogens (tertiary/aromatic N) is 3. The molecule has 7 heteroatoms. The quantitative estimate of drug-likeness (QED) is 0.631. The summed E-state index contributed by atoms with van der Waals surface area (Å²) in [6.07, 6.45) is 5.94. The zero-order valence-electron chi connectivity index (χ0n) is 16.6. The third-order valence-electron chi connectivity index (χ3n) is 5.70. The number of aryl methyl sites for hydroxylation is 1. The van der Waals surface area contributed by atoms with E-state index in [1.165, 1.54) is 4.57 Å². The summed E-state index contributed by atoms with van der Waals surface area (Å²) in [6.45, 7) is 3.15. The molecule has 0 saturated carbocycles. The van der Waals surface area contributed by atoms with Crippen molar-refractivity contribution in [1.82, 2.24) is 19.4 Å². The fraction of sp³-hybridized carbons (Fsp3) is 0.455. The van der Waals surface area contributed by atoms with E-state index in [1.807, 2.05) is 18.2 Å². The number of imidazole rings is 1. The Morgan fingerprint density at radius 1 is 1.17 bits per heavy atom. The highest BCUT2D eigenvalue weighted by Crippen LogP contribution is 2.24. The molecule has 2 aliphatic heterocycles. The second-order valence-corrected chi connectivity index (χ2v) is 7.61. The van der Waals surface area contributed by atoms with Crippen molar-refractivity contribution in [1.29, 1.82) is 0 Å². The van der Waals surface area contributed by atoms with Gasteiger partial charge in [-0.1, -0.05) is 17.9 Å². The Balaban J connectivity index is 1.62. The van der Waals surface area contributed by atoms with Crippen LogP contribution < -0.4 is 11.0 Å². The lowest BCUT2D eigenvalue weighted by Gasteiger charge is -2.25. The highest BCUT2D eigenvalue weighted by atomic mass is 16.2. The number of piperidine rings is 2. The number of aromatic nitrogens is 2. The number of amides is 2. The molecule has 1 aromatic heterocycles. The lowest BCUT2D eigenvalue weighted by molar-refractivity contribution is -0.135. The van der Waals surface area contributed by atoms with Gasteiger partial charge in [0.1, 0.15) is 6.04 Å². The van der Waals surface area contributed by atoms with Crippen molar-refractivity contribution in [3.8, 4) is 11.8 Å². The van der Waals surface area contributed by atoms with Crippen LogP contribution in [0.5, 0.6) is 0 Å². The van der Waals surface area contributed by atoms with Gasteiger partial charge in [-0.05, 0) is 50.9 Å². The monoisotopic (exact) mass is 393 g/mol. The molecule has 0 aliphatic carbocycles. The zero-order chi connectivity index (χ0) is 20.4. The first-order chi connectivity index (χ1) is 14.1. The first-order valence-corrected chi connectivity index (χ1v) is 10.1. The van der Waals surface area contributed by atoms with Gasteiger partial charge in [0, 0.05) is 26.4 Å². The summed E-state index contributed by atoms with van der Waals surface area (Å²) >= 11 is 0. The molecule has 1 radical (unpaired) electrons. The van der Waals surface area contributed by atoms with E-state index < -0.39 is 11.9 Å². The highest BCUT2D eigenvalue weighted by Gasteiger charge is 2.31. The minimum Gasteiger partial charge on any atom is -0.302 e. The molecule has 2 amide bonds. The van der Waals surface area contributed by atoms with Gasteiger partial charge in [-0.3, -0.25) is 24.0 Å². The van der Waals surface area contributed by atoms with Crippen molar-refractivity contribution < 1.29 is 9.59 Å². The number of carbonyl (C=O) groups excluding carboxylic acids is 2. The molecule has 3 heterocycles. The number of imide groups is 1. The molecule has 1 N–H and O–H groups in total. The molecule has 29 heavy (non-hydrogen) atoms. The third-order valence-corrected chi connectivity index (χ3v) is 5.70. The van der Waals surface area contributed by atoms with Gasteiger partial charge in [-0.15, -0.1) is 0 Å². The summed E-state index contributed by atoms with van der Waals surface area (Å²) in [6, 6.07) is 4.91. The lowest BCUT2D eigenvalue weighted by Crippen LogP contribution is -2.44. The van der Waals surface area contributed by atoms with Crippen molar-refractivity contribution in [2.75, 3.05) is 19.6 Å². The molecule has 4 rings (SSSR count). The van der Waals surface area contributed by atoms with Crippen LogP contribution in [-0.4, -0.2) is 45.5 Å². The third kappa shape index (κ3) is 3.85. The van der Waals surface area contributed by atoms with Crippen LogP contribution in [0.1, 0.15) is 43.7 Å². The average molecular weight is 393 g/mol. The second kappa shape index (κ2) is 8.26. The summed E-state index contributed by atoms with van der Waals surface area (Å²) in [7, 11) is 1.70. The summed E-state index contributed by atoms with van der Waals surface area (Å²) in [5.74, 6) is 5.74. The first-order valence-electron chi connectivity index (χ1n) is 10.1. The van der Waals surface area contributed by atoms with E-state index in [1.54, 1.807) is 11.6 Å². The van der Waals surface area contributed by atoms with Gasteiger partial charge in [0.15, 0.2) is 0 Å². The molecule has 1 atom stereocenters.